The zero-order valence-electron chi connectivity index (χ0n) is 19.2. The van der Waals surface area contributed by atoms with E-state index in [1.54, 1.807) is 24.3 Å². The first-order valence-electron chi connectivity index (χ1n) is 10.7. The zero-order valence-corrected chi connectivity index (χ0v) is 19.2. The number of carbonyl (C=O) groups is 2. The molecule has 1 N–H and O–H groups in total. The van der Waals surface area contributed by atoms with Crippen molar-refractivity contribution in [2.45, 2.75) is 33.9 Å². The lowest BCUT2D eigenvalue weighted by Crippen LogP contribution is -2.32. The summed E-state index contributed by atoms with van der Waals surface area (Å²) in [5.41, 5.74) is 4.03. The minimum atomic E-state index is -4.54. The number of rotatable bonds is 4. The summed E-state index contributed by atoms with van der Waals surface area (Å²) in [6.45, 7) is 7.62. The van der Waals surface area contributed by atoms with E-state index in [4.69, 9.17) is 0 Å². The number of alkyl halides is 3. The Morgan fingerprint density at radius 3 is 2.00 bits per heavy atom. The first-order valence-corrected chi connectivity index (χ1v) is 10.7. The first kappa shape index (κ1) is 23.3. The lowest BCUT2D eigenvalue weighted by molar-refractivity contribution is -0.137. The van der Waals surface area contributed by atoms with Crippen LogP contribution in [0.1, 0.15) is 33.4 Å². The fraction of sp³-hybridized carbons (Fsp3) is 0.185. The minimum absolute atomic E-state index is 0.0641. The van der Waals surface area contributed by atoms with Gasteiger partial charge in [0.25, 0.3) is 11.8 Å². The molecule has 0 spiro atoms. The molecule has 0 atom stereocenters. The normalized spacial score (nSPS) is 14.3. The summed E-state index contributed by atoms with van der Waals surface area (Å²) in [6.07, 6.45) is -4.54. The van der Waals surface area contributed by atoms with Crippen LogP contribution in [0.5, 0.6) is 0 Å². The average Bonchev–Trinajstić information content (AvgIpc) is 3.01. The zero-order chi connectivity index (χ0) is 24.8. The highest BCUT2D eigenvalue weighted by Crippen LogP contribution is 2.36. The van der Waals surface area contributed by atoms with Crippen LogP contribution in [0.4, 0.5) is 24.5 Å². The molecule has 4 nitrogen and oxygen atoms in total. The van der Waals surface area contributed by atoms with Crippen molar-refractivity contribution in [3.05, 3.63) is 99.7 Å². The summed E-state index contributed by atoms with van der Waals surface area (Å²) in [5, 5.41) is 2.81. The second kappa shape index (κ2) is 8.48. The largest absolute Gasteiger partial charge is 0.416 e. The van der Waals surface area contributed by atoms with Crippen LogP contribution in [0.2, 0.25) is 0 Å². The third kappa shape index (κ3) is 4.21. The van der Waals surface area contributed by atoms with Crippen LogP contribution in [-0.4, -0.2) is 11.8 Å². The summed E-state index contributed by atoms with van der Waals surface area (Å²) in [5.74, 6) is -1.16. The molecule has 34 heavy (non-hydrogen) atoms. The molecule has 3 aromatic rings. The van der Waals surface area contributed by atoms with E-state index in [1.165, 1.54) is 12.1 Å². The molecule has 0 saturated carbocycles. The molecule has 4 rings (SSSR count). The van der Waals surface area contributed by atoms with Crippen LogP contribution in [0.25, 0.3) is 5.57 Å². The Hall–Kier alpha value is -3.87. The molecule has 0 bridgehead atoms. The highest BCUT2D eigenvalue weighted by Gasteiger charge is 2.40. The number of carbonyl (C=O) groups excluding carboxylic acids is 2. The van der Waals surface area contributed by atoms with Crippen molar-refractivity contribution in [3.8, 4) is 0 Å². The first-order chi connectivity index (χ1) is 16.0. The van der Waals surface area contributed by atoms with Crippen molar-refractivity contribution < 1.29 is 22.8 Å². The lowest BCUT2D eigenvalue weighted by atomic mass is 9.99. The van der Waals surface area contributed by atoms with Crippen molar-refractivity contribution in [1.29, 1.82) is 0 Å². The van der Waals surface area contributed by atoms with E-state index in [0.29, 0.717) is 11.3 Å². The van der Waals surface area contributed by atoms with E-state index in [-0.39, 0.29) is 17.0 Å². The number of hydrogen-bond donors (Lipinski definition) is 1. The average molecular weight is 464 g/mol. The van der Waals surface area contributed by atoms with Gasteiger partial charge in [0.1, 0.15) is 5.70 Å². The standard InChI is InChI=1S/C27H23F3N2O2/c1-15-8-10-19(12-17(15)3)23-24(31-21-7-5-6-20(14-21)27(28,29)30)26(34)32(25(23)33)22-11-9-16(2)18(4)13-22/h5-14,31H,1-4H3. The number of nitrogens with zero attached hydrogens (tertiary/aromatic N) is 1. The molecule has 1 aliphatic rings. The van der Waals surface area contributed by atoms with E-state index in [2.05, 4.69) is 5.32 Å². The summed E-state index contributed by atoms with van der Waals surface area (Å²) in [6, 6.07) is 15.2. The predicted molar refractivity (Wildman–Crippen MR) is 126 cm³/mol. The number of anilines is 2. The Labute approximate surface area is 195 Å². The lowest BCUT2D eigenvalue weighted by Gasteiger charge is -2.17. The third-order valence-electron chi connectivity index (χ3n) is 6.09. The van der Waals surface area contributed by atoms with Gasteiger partial charge in [0.15, 0.2) is 0 Å². The molecular formula is C27H23F3N2O2. The molecule has 0 aromatic heterocycles. The van der Waals surface area contributed by atoms with Crippen LogP contribution in [0.15, 0.2) is 66.4 Å². The second-order valence-electron chi connectivity index (χ2n) is 8.47. The SMILES string of the molecule is Cc1ccc(C2=C(Nc3cccc(C(F)(F)F)c3)C(=O)N(c3ccc(C)c(C)c3)C2=O)cc1C. The maximum Gasteiger partial charge on any atom is 0.416 e. The van der Waals surface area contributed by atoms with Gasteiger partial charge in [-0.2, -0.15) is 13.2 Å². The Morgan fingerprint density at radius 2 is 1.38 bits per heavy atom. The number of halogens is 3. The summed E-state index contributed by atoms with van der Waals surface area (Å²) < 4.78 is 39.7. The van der Waals surface area contributed by atoms with Gasteiger partial charge in [0.05, 0.1) is 16.8 Å². The summed E-state index contributed by atoms with van der Waals surface area (Å²) in [7, 11) is 0. The Balaban J connectivity index is 1.85. The monoisotopic (exact) mass is 464 g/mol. The number of nitrogens with one attached hydrogen (secondary N) is 1. The molecule has 174 valence electrons. The molecule has 1 heterocycles. The number of benzene rings is 3. The van der Waals surface area contributed by atoms with Crippen LogP contribution >= 0.6 is 0 Å². The molecule has 3 aromatic carbocycles. The van der Waals surface area contributed by atoms with Crippen LogP contribution in [-0.2, 0) is 15.8 Å². The van der Waals surface area contributed by atoms with Crippen molar-refractivity contribution >= 4 is 28.8 Å². The van der Waals surface area contributed by atoms with Gasteiger partial charge >= 0.3 is 6.18 Å². The number of aryl methyl sites for hydroxylation is 4. The Morgan fingerprint density at radius 1 is 0.735 bits per heavy atom. The van der Waals surface area contributed by atoms with Crippen LogP contribution < -0.4 is 10.2 Å². The fourth-order valence-corrected chi connectivity index (χ4v) is 3.83. The van der Waals surface area contributed by atoms with Crippen molar-refractivity contribution in [2.24, 2.45) is 0 Å². The van der Waals surface area contributed by atoms with Crippen LogP contribution in [0.3, 0.4) is 0 Å². The summed E-state index contributed by atoms with van der Waals surface area (Å²) in [4.78, 5) is 28.1. The van der Waals surface area contributed by atoms with E-state index in [1.807, 2.05) is 39.8 Å². The predicted octanol–water partition coefficient (Wildman–Crippen LogP) is 6.34. The second-order valence-corrected chi connectivity index (χ2v) is 8.47. The highest BCUT2D eigenvalue weighted by atomic mass is 19.4. The maximum atomic E-state index is 13.6. The van der Waals surface area contributed by atoms with Crippen LogP contribution in [0, 0.1) is 27.7 Å². The fourth-order valence-electron chi connectivity index (χ4n) is 3.83. The smallest absolute Gasteiger partial charge is 0.350 e. The molecule has 2 amide bonds. The molecule has 0 aliphatic carbocycles. The van der Waals surface area contributed by atoms with Crippen molar-refractivity contribution in [2.75, 3.05) is 10.2 Å². The third-order valence-corrected chi connectivity index (χ3v) is 6.09. The molecule has 0 unspecified atom stereocenters. The van der Waals surface area contributed by atoms with E-state index < -0.39 is 23.6 Å². The highest BCUT2D eigenvalue weighted by molar-refractivity contribution is 6.46. The van der Waals surface area contributed by atoms with E-state index in [9.17, 15) is 22.8 Å². The molecule has 0 radical (unpaired) electrons. The Bertz CT molecular complexity index is 1360. The number of imide groups is 1. The van der Waals surface area contributed by atoms with Gasteiger partial charge in [0.2, 0.25) is 0 Å². The molecule has 1 aliphatic heterocycles. The molecule has 0 saturated heterocycles. The van der Waals surface area contributed by atoms with Gasteiger partial charge in [-0.05, 0) is 85.8 Å². The van der Waals surface area contributed by atoms with E-state index in [0.717, 1.165) is 39.3 Å². The van der Waals surface area contributed by atoms with Gasteiger partial charge < -0.3 is 5.32 Å². The van der Waals surface area contributed by atoms with Gasteiger partial charge in [0, 0.05) is 5.69 Å². The Kier molecular flexibility index (Phi) is 5.81. The molecule has 0 fully saturated rings. The quantitative estimate of drug-likeness (QED) is 0.459. The van der Waals surface area contributed by atoms with E-state index >= 15 is 0 Å². The summed E-state index contributed by atoms with van der Waals surface area (Å²) >= 11 is 0. The maximum absolute atomic E-state index is 13.6. The topological polar surface area (TPSA) is 49.4 Å². The van der Waals surface area contributed by atoms with Crippen molar-refractivity contribution in [3.63, 3.8) is 0 Å². The molecule has 7 heteroatoms. The van der Waals surface area contributed by atoms with Gasteiger partial charge in [-0.25, -0.2) is 4.90 Å². The number of hydrogen-bond acceptors (Lipinski definition) is 3. The van der Waals surface area contributed by atoms with Gasteiger partial charge in [-0.1, -0.05) is 30.3 Å². The van der Waals surface area contributed by atoms with Gasteiger partial charge in [-0.3, -0.25) is 9.59 Å². The number of amides is 2. The van der Waals surface area contributed by atoms with Crippen molar-refractivity contribution in [1.82, 2.24) is 0 Å². The van der Waals surface area contributed by atoms with Gasteiger partial charge in [-0.15, -0.1) is 0 Å². The minimum Gasteiger partial charge on any atom is -0.350 e. The molecular weight excluding hydrogens is 441 g/mol.